The number of rotatable bonds is 5. The van der Waals surface area contributed by atoms with Crippen LogP contribution in [-0.4, -0.2) is 44.3 Å². The van der Waals surface area contributed by atoms with Gasteiger partial charge in [0.15, 0.2) is 5.65 Å². The molecular formula is C20H20N6O. The summed E-state index contributed by atoms with van der Waals surface area (Å²) in [6.45, 7) is 0.828. The molecule has 4 aromatic heterocycles. The smallest absolute Gasteiger partial charge is 0.241 e. The molecule has 0 spiro atoms. The molecule has 1 N–H and O–H groups in total. The lowest BCUT2D eigenvalue weighted by atomic mass is 9.81. The number of anilines is 1. The Labute approximate surface area is 156 Å². The van der Waals surface area contributed by atoms with E-state index >= 15 is 0 Å². The zero-order valence-electron chi connectivity index (χ0n) is 15.0. The molecule has 0 amide bonds. The lowest BCUT2D eigenvalue weighted by molar-refractivity contribution is 0.104. The van der Waals surface area contributed by atoms with Crippen molar-refractivity contribution >= 4 is 22.5 Å². The Balaban J connectivity index is 1.40. The third kappa shape index (κ3) is 3.00. The van der Waals surface area contributed by atoms with E-state index in [1.165, 1.54) is 0 Å². The van der Waals surface area contributed by atoms with Crippen LogP contribution in [0.15, 0.2) is 49.1 Å². The summed E-state index contributed by atoms with van der Waals surface area (Å²) >= 11 is 0. The highest BCUT2D eigenvalue weighted by molar-refractivity contribution is 5.86. The topological polar surface area (TPSA) is 77.2 Å². The van der Waals surface area contributed by atoms with E-state index in [4.69, 9.17) is 4.74 Å². The van der Waals surface area contributed by atoms with Gasteiger partial charge < -0.3 is 10.1 Å². The van der Waals surface area contributed by atoms with Crippen LogP contribution in [0.5, 0.6) is 0 Å². The molecule has 7 heteroatoms. The van der Waals surface area contributed by atoms with Gasteiger partial charge in [0.25, 0.3) is 0 Å². The van der Waals surface area contributed by atoms with Crippen LogP contribution in [-0.2, 0) is 4.74 Å². The van der Waals surface area contributed by atoms with Crippen LogP contribution in [0.4, 0.5) is 5.95 Å². The van der Waals surface area contributed by atoms with Gasteiger partial charge in [-0.3, -0.25) is 0 Å². The van der Waals surface area contributed by atoms with Crippen LogP contribution in [0.25, 0.3) is 27.7 Å². The van der Waals surface area contributed by atoms with E-state index in [2.05, 4.69) is 31.4 Å². The van der Waals surface area contributed by atoms with Gasteiger partial charge in [-0.1, -0.05) is 0 Å². The van der Waals surface area contributed by atoms with Crippen LogP contribution in [0, 0.1) is 5.92 Å². The molecule has 4 aromatic rings. The minimum absolute atomic E-state index is 0.426. The van der Waals surface area contributed by atoms with E-state index in [1.54, 1.807) is 13.3 Å². The maximum absolute atomic E-state index is 5.20. The summed E-state index contributed by atoms with van der Waals surface area (Å²) in [6.07, 6.45) is 9.63. The molecular weight excluding hydrogens is 340 g/mol. The van der Waals surface area contributed by atoms with E-state index in [9.17, 15) is 0 Å². The van der Waals surface area contributed by atoms with Gasteiger partial charge in [-0.25, -0.2) is 19.5 Å². The average molecular weight is 360 g/mol. The first-order chi connectivity index (χ1) is 13.3. The highest BCUT2D eigenvalue weighted by Gasteiger charge is 2.29. The molecule has 0 aromatic carbocycles. The van der Waals surface area contributed by atoms with Gasteiger partial charge in [0.1, 0.15) is 0 Å². The molecule has 27 heavy (non-hydrogen) atoms. The molecule has 0 bridgehead atoms. The molecule has 1 saturated carbocycles. The lowest BCUT2D eigenvalue weighted by Gasteiger charge is -2.35. The SMILES string of the molecule is COCC1CC(Nc2ncc3c(-c4cnc5ncccc5c4)ccn3n2)C1. The second kappa shape index (κ2) is 6.59. The van der Waals surface area contributed by atoms with E-state index in [1.807, 2.05) is 41.3 Å². The maximum atomic E-state index is 5.20. The van der Waals surface area contributed by atoms with Crippen molar-refractivity contribution in [1.29, 1.82) is 0 Å². The molecule has 7 nitrogen and oxygen atoms in total. The van der Waals surface area contributed by atoms with Crippen molar-refractivity contribution in [1.82, 2.24) is 24.6 Å². The molecule has 4 heterocycles. The summed E-state index contributed by atoms with van der Waals surface area (Å²) in [5, 5.41) is 9.04. The van der Waals surface area contributed by atoms with Gasteiger partial charge in [-0.05, 0) is 43.0 Å². The minimum Gasteiger partial charge on any atom is -0.384 e. The fourth-order valence-electron chi connectivity index (χ4n) is 3.73. The van der Waals surface area contributed by atoms with Crippen LogP contribution in [0.3, 0.4) is 0 Å². The summed E-state index contributed by atoms with van der Waals surface area (Å²) in [5.74, 6) is 1.30. The van der Waals surface area contributed by atoms with Crippen LogP contribution in [0.2, 0.25) is 0 Å². The lowest BCUT2D eigenvalue weighted by Crippen LogP contribution is -2.38. The van der Waals surface area contributed by atoms with Crippen molar-refractivity contribution in [2.75, 3.05) is 19.0 Å². The Morgan fingerprint density at radius 2 is 2.11 bits per heavy atom. The van der Waals surface area contributed by atoms with Gasteiger partial charge in [0.2, 0.25) is 5.95 Å². The minimum atomic E-state index is 0.426. The maximum Gasteiger partial charge on any atom is 0.241 e. The van der Waals surface area contributed by atoms with Crippen molar-refractivity contribution in [3.05, 3.63) is 49.1 Å². The summed E-state index contributed by atoms with van der Waals surface area (Å²) < 4.78 is 7.07. The predicted molar refractivity (Wildman–Crippen MR) is 104 cm³/mol. The van der Waals surface area contributed by atoms with Crippen molar-refractivity contribution in [2.24, 2.45) is 5.92 Å². The highest BCUT2D eigenvalue weighted by atomic mass is 16.5. The van der Waals surface area contributed by atoms with Gasteiger partial charge >= 0.3 is 0 Å². The molecule has 0 aliphatic heterocycles. The molecule has 0 atom stereocenters. The Morgan fingerprint density at radius 1 is 1.19 bits per heavy atom. The Hall–Kier alpha value is -3.06. The normalized spacial score (nSPS) is 19.3. The molecule has 0 radical (unpaired) electrons. The van der Waals surface area contributed by atoms with E-state index in [0.29, 0.717) is 17.9 Å². The molecule has 0 saturated heterocycles. The van der Waals surface area contributed by atoms with Crippen molar-refractivity contribution < 1.29 is 4.74 Å². The fourth-order valence-corrected chi connectivity index (χ4v) is 3.73. The van der Waals surface area contributed by atoms with Crippen LogP contribution in [0.1, 0.15) is 12.8 Å². The van der Waals surface area contributed by atoms with Gasteiger partial charge in [-0.2, -0.15) is 0 Å². The first-order valence-electron chi connectivity index (χ1n) is 9.11. The number of hydrogen-bond donors (Lipinski definition) is 1. The molecule has 1 aliphatic rings. The van der Waals surface area contributed by atoms with Crippen LogP contribution >= 0.6 is 0 Å². The number of ether oxygens (including phenoxy) is 1. The second-order valence-corrected chi connectivity index (χ2v) is 7.05. The van der Waals surface area contributed by atoms with Gasteiger partial charge in [-0.15, -0.1) is 5.10 Å². The third-order valence-electron chi connectivity index (χ3n) is 5.15. The first kappa shape index (κ1) is 16.1. The third-order valence-corrected chi connectivity index (χ3v) is 5.15. The zero-order valence-corrected chi connectivity index (χ0v) is 15.0. The quantitative estimate of drug-likeness (QED) is 0.589. The highest BCUT2D eigenvalue weighted by Crippen LogP contribution is 2.30. The number of methoxy groups -OCH3 is 1. The van der Waals surface area contributed by atoms with Crippen molar-refractivity contribution in [3.8, 4) is 11.1 Å². The standard InChI is InChI=1S/C20H20N6O/c1-27-12-13-7-16(8-13)24-20-23-11-18-17(4-6-26(18)25-20)15-9-14-3-2-5-21-19(14)22-10-15/h2-6,9-11,13,16H,7-8,12H2,1H3,(H,24,25). The summed E-state index contributed by atoms with van der Waals surface area (Å²) in [6, 6.07) is 8.51. The van der Waals surface area contributed by atoms with E-state index in [0.717, 1.165) is 47.1 Å². The fraction of sp³-hybridized carbons (Fsp3) is 0.300. The Bertz CT molecular complexity index is 1100. The number of nitrogens with zero attached hydrogens (tertiary/aromatic N) is 5. The average Bonchev–Trinajstić information content (AvgIpc) is 3.09. The molecule has 0 unspecified atom stereocenters. The summed E-state index contributed by atoms with van der Waals surface area (Å²) in [5.41, 5.74) is 3.79. The Morgan fingerprint density at radius 3 is 3.00 bits per heavy atom. The second-order valence-electron chi connectivity index (χ2n) is 7.05. The predicted octanol–water partition coefficient (Wildman–Crippen LogP) is 3.18. The number of pyridine rings is 2. The zero-order chi connectivity index (χ0) is 18.2. The van der Waals surface area contributed by atoms with E-state index < -0.39 is 0 Å². The summed E-state index contributed by atoms with van der Waals surface area (Å²) in [7, 11) is 1.75. The van der Waals surface area contributed by atoms with Gasteiger partial charge in [0, 0.05) is 54.9 Å². The summed E-state index contributed by atoms with van der Waals surface area (Å²) in [4.78, 5) is 13.2. The van der Waals surface area contributed by atoms with Crippen molar-refractivity contribution in [2.45, 2.75) is 18.9 Å². The number of aromatic nitrogens is 5. The molecule has 136 valence electrons. The molecule has 1 fully saturated rings. The van der Waals surface area contributed by atoms with Gasteiger partial charge in [0.05, 0.1) is 11.7 Å². The number of hydrogen-bond acceptors (Lipinski definition) is 6. The first-order valence-corrected chi connectivity index (χ1v) is 9.11. The largest absolute Gasteiger partial charge is 0.384 e. The molecule has 5 rings (SSSR count). The Kier molecular flexibility index (Phi) is 3.94. The van der Waals surface area contributed by atoms with Crippen LogP contribution < -0.4 is 5.32 Å². The van der Waals surface area contributed by atoms with E-state index in [-0.39, 0.29) is 0 Å². The number of fused-ring (bicyclic) bond motifs is 2. The monoisotopic (exact) mass is 360 g/mol. The molecule has 1 aliphatic carbocycles. The van der Waals surface area contributed by atoms with Crippen molar-refractivity contribution in [3.63, 3.8) is 0 Å². The number of nitrogens with one attached hydrogen (secondary N) is 1.